The monoisotopic (exact) mass is 268 g/mol. The fourth-order valence-electron chi connectivity index (χ4n) is 2.57. The van der Waals surface area contributed by atoms with Crippen LogP contribution < -0.4 is 10.6 Å². The molecular weight excluding hydrogens is 252 g/mol. The number of carbonyl (C=O) groups is 1. The summed E-state index contributed by atoms with van der Waals surface area (Å²) in [4.78, 5) is 22.3. The zero-order valence-corrected chi connectivity index (χ0v) is 11.1. The third-order valence-electron chi connectivity index (χ3n) is 3.55. The highest BCUT2D eigenvalue weighted by Crippen LogP contribution is 2.25. The lowest BCUT2D eigenvalue weighted by atomic mass is 10.2. The van der Waals surface area contributed by atoms with E-state index in [-0.39, 0.29) is 11.9 Å². The number of rotatable bonds is 3. The maximum Gasteiger partial charge on any atom is 0.240 e. The molecule has 0 bridgehead atoms. The Hall–Kier alpha value is -2.43. The molecule has 1 unspecified atom stereocenters. The van der Waals surface area contributed by atoms with Gasteiger partial charge in [-0.15, -0.1) is 0 Å². The maximum atomic E-state index is 11.5. The maximum absolute atomic E-state index is 11.5. The molecule has 1 aromatic heterocycles. The third kappa shape index (κ3) is 2.34. The molecule has 1 fully saturated rings. The van der Waals surface area contributed by atoms with Gasteiger partial charge in [0.05, 0.1) is 0 Å². The van der Waals surface area contributed by atoms with Gasteiger partial charge in [0, 0.05) is 18.3 Å². The van der Waals surface area contributed by atoms with Gasteiger partial charge >= 0.3 is 0 Å². The minimum absolute atomic E-state index is 0.256. The second-order valence-electron chi connectivity index (χ2n) is 4.86. The summed E-state index contributed by atoms with van der Waals surface area (Å²) in [5, 5.41) is 0. The van der Waals surface area contributed by atoms with Crippen LogP contribution in [-0.4, -0.2) is 28.5 Å². The Labute approximate surface area is 117 Å². The van der Waals surface area contributed by atoms with E-state index < -0.39 is 0 Å². The first-order valence-electron chi connectivity index (χ1n) is 6.70. The normalized spacial score (nSPS) is 18.2. The number of aromatic nitrogens is 2. The summed E-state index contributed by atoms with van der Waals surface area (Å²) in [7, 11) is 0. The molecule has 0 saturated carbocycles. The lowest BCUT2D eigenvalue weighted by Gasteiger charge is -2.23. The van der Waals surface area contributed by atoms with Crippen molar-refractivity contribution in [1.29, 1.82) is 0 Å². The van der Waals surface area contributed by atoms with Gasteiger partial charge in [0.2, 0.25) is 5.91 Å². The van der Waals surface area contributed by atoms with Gasteiger partial charge in [-0.1, -0.05) is 30.3 Å². The van der Waals surface area contributed by atoms with Crippen LogP contribution in [0, 0.1) is 0 Å². The molecule has 5 heteroatoms. The SMILES string of the molecule is NC(=O)C1CCCN1c1ccnc(-c2ccccc2)n1. The average molecular weight is 268 g/mol. The van der Waals surface area contributed by atoms with E-state index in [4.69, 9.17) is 5.73 Å². The Morgan fingerprint density at radius 3 is 2.80 bits per heavy atom. The van der Waals surface area contributed by atoms with E-state index in [9.17, 15) is 4.79 Å². The molecule has 1 aromatic carbocycles. The third-order valence-corrected chi connectivity index (χ3v) is 3.55. The molecule has 1 aliphatic heterocycles. The van der Waals surface area contributed by atoms with Gasteiger partial charge in [0.15, 0.2) is 5.82 Å². The summed E-state index contributed by atoms with van der Waals surface area (Å²) in [6.07, 6.45) is 3.47. The molecule has 102 valence electrons. The van der Waals surface area contributed by atoms with Gasteiger partial charge in [-0.25, -0.2) is 9.97 Å². The molecule has 1 aliphatic rings. The van der Waals surface area contributed by atoms with Gasteiger partial charge in [0.1, 0.15) is 11.9 Å². The molecule has 20 heavy (non-hydrogen) atoms. The Kier molecular flexibility index (Phi) is 3.33. The predicted molar refractivity (Wildman–Crippen MR) is 77.0 cm³/mol. The minimum atomic E-state index is -0.289. The summed E-state index contributed by atoms with van der Waals surface area (Å²) in [6, 6.07) is 11.4. The van der Waals surface area contributed by atoms with Crippen LogP contribution in [0.15, 0.2) is 42.6 Å². The summed E-state index contributed by atoms with van der Waals surface area (Å²) < 4.78 is 0. The number of nitrogens with zero attached hydrogens (tertiary/aromatic N) is 3. The van der Waals surface area contributed by atoms with Crippen LogP contribution in [0.4, 0.5) is 5.82 Å². The molecule has 0 radical (unpaired) electrons. The van der Waals surface area contributed by atoms with Crippen molar-refractivity contribution in [2.45, 2.75) is 18.9 Å². The highest BCUT2D eigenvalue weighted by atomic mass is 16.1. The Balaban J connectivity index is 1.94. The molecule has 2 heterocycles. The van der Waals surface area contributed by atoms with Gasteiger partial charge in [0.25, 0.3) is 0 Å². The molecule has 2 N–H and O–H groups in total. The fraction of sp³-hybridized carbons (Fsp3) is 0.267. The van der Waals surface area contributed by atoms with Crippen LogP contribution in [0.1, 0.15) is 12.8 Å². The molecule has 1 saturated heterocycles. The number of hydrogen-bond donors (Lipinski definition) is 1. The van der Waals surface area contributed by atoms with Gasteiger partial charge in [-0.05, 0) is 18.9 Å². The number of nitrogens with two attached hydrogens (primary N) is 1. The predicted octanol–water partition coefficient (Wildman–Crippen LogP) is 1.60. The van der Waals surface area contributed by atoms with E-state index >= 15 is 0 Å². The second-order valence-corrected chi connectivity index (χ2v) is 4.86. The molecular formula is C15H16N4O. The number of amides is 1. The summed E-state index contributed by atoms with van der Waals surface area (Å²) in [6.45, 7) is 0.804. The number of primary amides is 1. The van der Waals surface area contributed by atoms with Crippen molar-refractivity contribution in [2.24, 2.45) is 5.73 Å². The molecule has 5 nitrogen and oxygen atoms in total. The molecule has 1 atom stereocenters. The lowest BCUT2D eigenvalue weighted by Crippen LogP contribution is -2.40. The second kappa shape index (κ2) is 5.28. The van der Waals surface area contributed by atoms with Crippen molar-refractivity contribution >= 4 is 11.7 Å². The van der Waals surface area contributed by atoms with E-state index in [1.165, 1.54) is 0 Å². The number of hydrogen-bond acceptors (Lipinski definition) is 4. The van der Waals surface area contributed by atoms with E-state index in [1.54, 1.807) is 6.20 Å². The first-order chi connectivity index (χ1) is 9.75. The largest absolute Gasteiger partial charge is 0.368 e. The van der Waals surface area contributed by atoms with Crippen LogP contribution in [0.3, 0.4) is 0 Å². The van der Waals surface area contributed by atoms with E-state index in [0.717, 1.165) is 30.8 Å². The van der Waals surface area contributed by atoms with E-state index in [0.29, 0.717) is 5.82 Å². The van der Waals surface area contributed by atoms with E-state index in [1.807, 2.05) is 41.3 Å². The van der Waals surface area contributed by atoms with E-state index in [2.05, 4.69) is 9.97 Å². The summed E-state index contributed by atoms with van der Waals surface area (Å²) in [5.74, 6) is 1.14. The van der Waals surface area contributed by atoms with Crippen LogP contribution in [0.2, 0.25) is 0 Å². The molecule has 1 amide bonds. The number of anilines is 1. The quantitative estimate of drug-likeness (QED) is 0.917. The fourth-order valence-corrected chi connectivity index (χ4v) is 2.57. The smallest absolute Gasteiger partial charge is 0.240 e. The van der Waals surface area contributed by atoms with Gasteiger partial charge in [-0.2, -0.15) is 0 Å². The standard InChI is InChI=1S/C15H16N4O/c16-14(20)12-7-4-10-19(12)13-8-9-17-15(18-13)11-5-2-1-3-6-11/h1-3,5-6,8-9,12H,4,7,10H2,(H2,16,20). The minimum Gasteiger partial charge on any atom is -0.368 e. The first kappa shape index (κ1) is 12.6. The zero-order chi connectivity index (χ0) is 13.9. The van der Waals surface area contributed by atoms with Gasteiger partial charge < -0.3 is 10.6 Å². The Morgan fingerprint density at radius 1 is 1.25 bits per heavy atom. The first-order valence-corrected chi connectivity index (χ1v) is 6.70. The van der Waals surface area contributed by atoms with Gasteiger partial charge in [-0.3, -0.25) is 4.79 Å². The van der Waals surface area contributed by atoms with Crippen molar-refractivity contribution in [2.75, 3.05) is 11.4 Å². The van der Waals surface area contributed by atoms with Crippen molar-refractivity contribution in [3.63, 3.8) is 0 Å². The summed E-state index contributed by atoms with van der Waals surface area (Å²) >= 11 is 0. The Bertz CT molecular complexity index is 614. The highest BCUT2D eigenvalue weighted by Gasteiger charge is 2.30. The van der Waals surface area contributed by atoms with Crippen LogP contribution >= 0.6 is 0 Å². The topological polar surface area (TPSA) is 72.1 Å². The zero-order valence-electron chi connectivity index (χ0n) is 11.1. The van der Waals surface area contributed by atoms with Crippen molar-refractivity contribution in [3.05, 3.63) is 42.6 Å². The number of carbonyl (C=O) groups excluding carboxylic acids is 1. The Morgan fingerprint density at radius 2 is 2.05 bits per heavy atom. The van der Waals surface area contributed by atoms with Crippen molar-refractivity contribution < 1.29 is 4.79 Å². The average Bonchev–Trinajstić information content (AvgIpc) is 2.98. The molecule has 2 aromatic rings. The van der Waals surface area contributed by atoms with Crippen molar-refractivity contribution in [1.82, 2.24) is 9.97 Å². The molecule has 3 rings (SSSR count). The molecule has 0 spiro atoms. The van der Waals surface area contributed by atoms with Crippen LogP contribution in [0.25, 0.3) is 11.4 Å². The van der Waals surface area contributed by atoms with Crippen molar-refractivity contribution in [3.8, 4) is 11.4 Å². The van der Waals surface area contributed by atoms with Crippen LogP contribution in [-0.2, 0) is 4.79 Å². The number of benzene rings is 1. The highest BCUT2D eigenvalue weighted by molar-refractivity contribution is 5.84. The summed E-state index contributed by atoms with van der Waals surface area (Å²) in [5.41, 5.74) is 6.41. The molecule has 0 aliphatic carbocycles. The lowest BCUT2D eigenvalue weighted by molar-refractivity contribution is -0.119. The van der Waals surface area contributed by atoms with Crippen LogP contribution in [0.5, 0.6) is 0 Å².